The molecule has 0 spiro atoms. The summed E-state index contributed by atoms with van der Waals surface area (Å²) in [7, 11) is 0. The van der Waals surface area contributed by atoms with E-state index in [1.165, 1.54) is 0 Å². The maximum atomic E-state index is 4.42. The van der Waals surface area contributed by atoms with E-state index < -0.39 is 15.4 Å². The minimum atomic E-state index is -1.92. The van der Waals surface area contributed by atoms with Gasteiger partial charge in [0, 0.05) is 0 Å². The molecule has 0 aliphatic rings. The molecule has 0 amide bonds. The van der Waals surface area contributed by atoms with Crippen LogP contribution in [0.5, 0.6) is 0 Å². The lowest BCUT2D eigenvalue weighted by molar-refractivity contribution is 0.645. The number of rotatable bonds is 2. The van der Waals surface area contributed by atoms with Gasteiger partial charge in [-0.2, -0.15) is 0 Å². The van der Waals surface area contributed by atoms with Crippen LogP contribution in [-0.4, -0.2) is 15.4 Å². The van der Waals surface area contributed by atoms with E-state index >= 15 is 0 Å². The van der Waals surface area contributed by atoms with Crippen LogP contribution in [0.25, 0.3) is 0 Å². The van der Waals surface area contributed by atoms with Crippen molar-refractivity contribution >= 4 is 91.9 Å². The van der Waals surface area contributed by atoms with Gasteiger partial charge in [0.15, 0.2) is 5.73 Å². The molecule has 0 bridgehead atoms. The van der Waals surface area contributed by atoms with E-state index in [1.807, 2.05) is 0 Å². The van der Waals surface area contributed by atoms with Gasteiger partial charge in [-0.15, -0.1) is 30.6 Å². The molecule has 0 nitrogen and oxygen atoms in total. The molecular weight excluding hydrogens is 628 g/mol. The van der Waals surface area contributed by atoms with Crippen molar-refractivity contribution in [1.29, 1.82) is 0 Å². The Morgan fingerprint density at radius 2 is 0.750 bits per heavy atom. The fraction of sp³-hybridized carbons (Fsp3) is 1.00. The summed E-state index contributed by atoms with van der Waals surface area (Å²) in [5.74, 6) is 0. The first kappa shape index (κ1) is 23.1. The maximum absolute atomic E-state index is 4.42. The first-order valence-electron chi connectivity index (χ1n) is 6.69. The van der Waals surface area contributed by atoms with E-state index in [2.05, 4.69) is 139 Å². The lowest BCUT2D eigenvalue weighted by atomic mass is 10.2. The van der Waals surface area contributed by atoms with Gasteiger partial charge < -0.3 is 0 Å². The lowest BCUT2D eigenvalue weighted by Crippen LogP contribution is -2.76. The second kappa shape index (κ2) is 6.41. The Kier molecular flexibility index (Phi) is 7.38. The average Bonchev–Trinajstić information content (AvgIpc) is 2.07. The molecule has 8 heteroatoms. The Bertz CT molecular complexity index is 293. The molecular formula is C12H27Br5Si3. The van der Waals surface area contributed by atoms with Crippen molar-refractivity contribution in [3.8, 4) is 0 Å². The van der Waals surface area contributed by atoms with E-state index in [9.17, 15) is 0 Å². The largest absolute Gasteiger partial charge is 0.265 e. The summed E-state index contributed by atoms with van der Waals surface area (Å²) in [5, 5.41) is 0.732. The fourth-order valence-corrected chi connectivity index (χ4v) is 119. The molecule has 0 rings (SSSR count). The molecule has 0 aliphatic heterocycles. The maximum Gasteiger partial charge on any atom is 0.265 e. The molecule has 0 radical (unpaired) electrons. The first-order chi connectivity index (χ1) is 8.25. The molecule has 0 aliphatic carbocycles. The minimum Gasteiger partial charge on any atom is -0.128 e. The van der Waals surface area contributed by atoms with Gasteiger partial charge in [0.1, 0.15) is 6.21 Å². The number of hydrogen-bond acceptors (Lipinski definition) is 0. The van der Waals surface area contributed by atoms with Crippen LogP contribution in [0, 0.1) is 0 Å². The SMILES string of the molecule is CC(C)(C)[Si](Br)(C(C)(C)C)[Si](Br)(C(C)(C)C)[Si](Br)(Br)Br. The summed E-state index contributed by atoms with van der Waals surface area (Å²) in [6, 6.07) is 0. The molecule has 0 aromatic heterocycles. The predicted molar refractivity (Wildman–Crippen MR) is 121 cm³/mol. The summed E-state index contributed by atoms with van der Waals surface area (Å²) in [6.07, 6.45) is -1.89. The molecule has 0 heterocycles. The Balaban J connectivity index is 6.71. The number of halogens is 5. The van der Waals surface area contributed by atoms with Crippen LogP contribution in [0.2, 0.25) is 15.1 Å². The highest BCUT2D eigenvalue weighted by molar-refractivity contribution is 9.77. The van der Waals surface area contributed by atoms with Gasteiger partial charge in [-0.3, -0.25) is 0 Å². The Hall–Kier alpha value is 3.05. The molecule has 0 aromatic rings. The van der Waals surface area contributed by atoms with Crippen LogP contribution in [0.3, 0.4) is 0 Å². The van der Waals surface area contributed by atoms with Crippen LogP contribution in [0.1, 0.15) is 62.3 Å². The molecule has 122 valence electrons. The summed E-state index contributed by atoms with van der Waals surface area (Å²) >= 11 is 21.0. The van der Waals surface area contributed by atoms with Crippen LogP contribution >= 0.6 is 76.5 Å². The summed E-state index contributed by atoms with van der Waals surface area (Å²) in [4.78, 5) is 0. The third kappa shape index (κ3) is 3.67. The molecule has 0 N–H and O–H groups in total. The topological polar surface area (TPSA) is 0 Å². The third-order valence-corrected chi connectivity index (χ3v) is 108. The second-order valence-electron chi connectivity index (χ2n) is 8.56. The summed E-state index contributed by atoms with van der Waals surface area (Å²) < 4.78 is -1.89. The van der Waals surface area contributed by atoms with E-state index in [1.54, 1.807) is 0 Å². The van der Waals surface area contributed by atoms with Gasteiger partial charge in [-0.1, -0.05) is 108 Å². The van der Waals surface area contributed by atoms with E-state index in [0.29, 0.717) is 0 Å². The zero-order valence-electron chi connectivity index (χ0n) is 13.9. The second-order valence-corrected chi connectivity index (χ2v) is 67.8. The van der Waals surface area contributed by atoms with Crippen molar-refractivity contribution in [2.45, 2.75) is 77.4 Å². The van der Waals surface area contributed by atoms with Crippen LogP contribution in [-0.2, 0) is 0 Å². The van der Waals surface area contributed by atoms with Gasteiger partial charge in [-0.25, -0.2) is 0 Å². The zero-order chi connectivity index (χ0) is 17.0. The summed E-state index contributed by atoms with van der Waals surface area (Å²) in [5.41, 5.74) is -1.92. The standard InChI is InChI=1S/C12H27Br5Si3/c1-10(2,3)18(13,11(4,5)6)19(14,12(7,8)9)20(15,16)17/h1-9H3. The van der Waals surface area contributed by atoms with E-state index in [0.717, 1.165) is 0 Å². The first-order valence-corrected chi connectivity index (χ1v) is 26.0. The summed E-state index contributed by atoms with van der Waals surface area (Å²) in [6.45, 7) is 21.6. The number of hydrogen-bond donors (Lipinski definition) is 0. The molecule has 0 saturated carbocycles. The van der Waals surface area contributed by atoms with Crippen molar-refractivity contribution in [3.05, 3.63) is 0 Å². The third-order valence-electron chi connectivity index (χ3n) is 3.97. The van der Waals surface area contributed by atoms with Crippen molar-refractivity contribution in [1.82, 2.24) is 0 Å². The Morgan fingerprint density at radius 1 is 0.500 bits per heavy atom. The average molecular weight is 655 g/mol. The van der Waals surface area contributed by atoms with Crippen LogP contribution < -0.4 is 0 Å². The Morgan fingerprint density at radius 3 is 0.800 bits per heavy atom. The van der Waals surface area contributed by atoms with Gasteiger partial charge in [-0.05, 0) is 15.1 Å². The zero-order valence-corrected chi connectivity index (χ0v) is 24.8. The molecule has 20 heavy (non-hydrogen) atoms. The highest BCUT2D eigenvalue weighted by Crippen LogP contribution is 2.69. The minimum absolute atomic E-state index is 0.228. The normalized spacial score (nSPS) is 18.9. The van der Waals surface area contributed by atoms with Crippen molar-refractivity contribution in [3.63, 3.8) is 0 Å². The van der Waals surface area contributed by atoms with E-state index in [4.69, 9.17) is 0 Å². The molecule has 0 fully saturated rings. The van der Waals surface area contributed by atoms with E-state index in [-0.39, 0.29) is 15.1 Å². The van der Waals surface area contributed by atoms with Gasteiger partial charge in [0.05, 0.1) is 0 Å². The molecule has 0 saturated heterocycles. The van der Waals surface area contributed by atoms with Crippen molar-refractivity contribution in [2.24, 2.45) is 0 Å². The Labute approximate surface area is 167 Å². The fourth-order valence-electron chi connectivity index (χ4n) is 3.30. The van der Waals surface area contributed by atoms with Crippen molar-refractivity contribution in [2.75, 3.05) is 0 Å². The highest BCUT2D eigenvalue weighted by atomic mass is 80.0. The predicted octanol–water partition coefficient (Wildman–Crippen LogP) is 8.35. The molecule has 0 aromatic carbocycles. The quantitative estimate of drug-likeness (QED) is 0.207. The van der Waals surface area contributed by atoms with Gasteiger partial charge in [0.2, 0.25) is 0 Å². The lowest BCUT2D eigenvalue weighted by Gasteiger charge is -2.61. The van der Waals surface area contributed by atoms with Gasteiger partial charge >= 0.3 is 0 Å². The monoisotopic (exact) mass is 650 g/mol. The molecule has 1 atom stereocenters. The van der Waals surface area contributed by atoms with Gasteiger partial charge in [0.25, 0.3) is 3.45 Å². The van der Waals surface area contributed by atoms with Crippen LogP contribution in [0.15, 0.2) is 0 Å². The highest BCUT2D eigenvalue weighted by Gasteiger charge is 2.75. The smallest absolute Gasteiger partial charge is 0.128 e. The molecule has 1 unspecified atom stereocenters. The van der Waals surface area contributed by atoms with Crippen molar-refractivity contribution < 1.29 is 0 Å². The van der Waals surface area contributed by atoms with Crippen LogP contribution in [0.4, 0.5) is 0 Å².